The quantitative estimate of drug-likeness (QED) is 0.611. The highest BCUT2D eigenvalue weighted by atomic mass is 16.2. The second-order valence-corrected chi connectivity index (χ2v) is 5.63. The van der Waals surface area contributed by atoms with Gasteiger partial charge in [0, 0.05) is 30.2 Å². The van der Waals surface area contributed by atoms with E-state index in [1.54, 1.807) is 61.9 Å². The highest BCUT2D eigenvalue weighted by Crippen LogP contribution is 2.16. The van der Waals surface area contributed by atoms with Gasteiger partial charge in [0.1, 0.15) is 11.5 Å². The molecule has 4 aromatic heterocycles. The molecule has 0 aromatic carbocycles. The number of aryl methyl sites for hydroxylation is 1. The molecule has 0 radical (unpaired) electrons. The molecule has 0 atom stereocenters. The number of pyridine rings is 2. The lowest BCUT2D eigenvalue weighted by molar-refractivity contribution is 0.101. The Morgan fingerprint density at radius 1 is 1.12 bits per heavy atom. The molecule has 1 N–H and O–H groups in total. The Bertz CT molecular complexity index is 1150. The molecule has 4 heterocycles. The van der Waals surface area contributed by atoms with E-state index < -0.39 is 5.91 Å². The van der Waals surface area contributed by atoms with Crippen molar-refractivity contribution in [3.05, 3.63) is 82.8 Å². The van der Waals surface area contributed by atoms with Crippen molar-refractivity contribution in [2.24, 2.45) is 0 Å². The predicted octanol–water partition coefficient (Wildman–Crippen LogP) is 1.84. The third kappa shape index (κ3) is 2.73. The Kier molecular flexibility index (Phi) is 3.77. The average molecular weight is 346 g/mol. The van der Waals surface area contributed by atoms with Crippen LogP contribution < -0.4 is 10.9 Å². The standard InChI is InChI=1S/C18H14N6O2/c1-12-9-17(25)24-16(21-12)10-14(23(24)13-5-4-7-19-11-13)18(26)22-15-6-2-3-8-20-15/h2-11H,1H3,(H,20,22,26). The molecule has 0 aliphatic rings. The topological polar surface area (TPSA) is 94.2 Å². The number of carbonyl (C=O) groups is 1. The second kappa shape index (κ2) is 6.25. The molecule has 128 valence electrons. The van der Waals surface area contributed by atoms with Crippen molar-refractivity contribution in [3.63, 3.8) is 0 Å². The molecular formula is C18H14N6O2. The number of nitrogens with one attached hydrogen (secondary N) is 1. The molecule has 8 heteroatoms. The normalized spacial score (nSPS) is 10.8. The number of amides is 1. The van der Waals surface area contributed by atoms with Crippen LogP contribution in [-0.4, -0.2) is 30.1 Å². The van der Waals surface area contributed by atoms with Crippen LogP contribution in [0.3, 0.4) is 0 Å². The Labute approximate surface area is 147 Å². The third-order valence-electron chi connectivity index (χ3n) is 3.77. The number of aromatic nitrogens is 5. The minimum absolute atomic E-state index is 0.249. The van der Waals surface area contributed by atoms with Crippen molar-refractivity contribution in [1.82, 2.24) is 24.1 Å². The van der Waals surface area contributed by atoms with E-state index in [2.05, 4.69) is 20.3 Å². The maximum Gasteiger partial charge on any atom is 0.275 e. The van der Waals surface area contributed by atoms with Gasteiger partial charge in [0.15, 0.2) is 5.65 Å². The molecule has 4 aromatic rings. The van der Waals surface area contributed by atoms with E-state index >= 15 is 0 Å². The summed E-state index contributed by atoms with van der Waals surface area (Å²) < 4.78 is 2.84. The molecule has 0 unspecified atom stereocenters. The van der Waals surface area contributed by atoms with Gasteiger partial charge < -0.3 is 5.32 Å². The summed E-state index contributed by atoms with van der Waals surface area (Å²) in [6.45, 7) is 1.73. The van der Waals surface area contributed by atoms with Crippen LogP contribution in [0.2, 0.25) is 0 Å². The van der Waals surface area contributed by atoms with Crippen molar-refractivity contribution in [1.29, 1.82) is 0 Å². The van der Waals surface area contributed by atoms with Crippen LogP contribution in [0.4, 0.5) is 5.82 Å². The maximum atomic E-state index is 12.8. The number of hydrogen-bond donors (Lipinski definition) is 1. The van der Waals surface area contributed by atoms with Gasteiger partial charge >= 0.3 is 0 Å². The number of rotatable bonds is 3. The summed E-state index contributed by atoms with van der Waals surface area (Å²) in [5, 5.41) is 2.73. The zero-order valence-electron chi connectivity index (χ0n) is 13.8. The molecule has 8 nitrogen and oxygen atoms in total. The number of fused-ring (bicyclic) bond motifs is 1. The SMILES string of the molecule is Cc1cc(=O)n2c(cc(C(=O)Nc3ccccn3)n2-c2cccnc2)n1. The average Bonchev–Trinajstić information content (AvgIpc) is 3.03. The number of anilines is 1. The third-order valence-corrected chi connectivity index (χ3v) is 3.77. The summed E-state index contributed by atoms with van der Waals surface area (Å²) in [4.78, 5) is 37.9. The van der Waals surface area contributed by atoms with Crippen LogP contribution >= 0.6 is 0 Å². The fourth-order valence-corrected chi connectivity index (χ4v) is 2.71. The van der Waals surface area contributed by atoms with E-state index in [0.717, 1.165) is 0 Å². The molecular weight excluding hydrogens is 332 g/mol. The van der Waals surface area contributed by atoms with E-state index in [-0.39, 0.29) is 11.3 Å². The van der Waals surface area contributed by atoms with Gasteiger partial charge in [-0.1, -0.05) is 6.07 Å². The number of carbonyl (C=O) groups excluding carboxylic acids is 1. The first-order chi connectivity index (χ1) is 12.6. The minimum atomic E-state index is -0.407. The van der Waals surface area contributed by atoms with Crippen LogP contribution in [0.25, 0.3) is 11.3 Å². The smallest absolute Gasteiger partial charge is 0.275 e. The first-order valence-electron chi connectivity index (χ1n) is 7.89. The van der Waals surface area contributed by atoms with Gasteiger partial charge in [-0.2, -0.15) is 4.52 Å². The summed E-state index contributed by atoms with van der Waals surface area (Å²) in [7, 11) is 0. The Morgan fingerprint density at radius 2 is 2.00 bits per heavy atom. The lowest BCUT2D eigenvalue weighted by Crippen LogP contribution is -2.24. The van der Waals surface area contributed by atoms with E-state index in [1.807, 2.05) is 0 Å². The van der Waals surface area contributed by atoms with Crippen LogP contribution in [-0.2, 0) is 0 Å². The van der Waals surface area contributed by atoms with Gasteiger partial charge in [-0.3, -0.25) is 14.6 Å². The van der Waals surface area contributed by atoms with Crippen LogP contribution in [0.5, 0.6) is 0 Å². The molecule has 0 aliphatic carbocycles. The molecule has 0 spiro atoms. The maximum absolute atomic E-state index is 12.8. The molecule has 0 saturated carbocycles. The van der Waals surface area contributed by atoms with E-state index in [0.29, 0.717) is 22.8 Å². The van der Waals surface area contributed by atoms with Gasteiger partial charge in [-0.15, -0.1) is 0 Å². The largest absolute Gasteiger partial charge is 0.305 e. The van der Waals surface area contributed by atoms with E-state index in [1.165, 1.54) is 15.3 Å². The van der Waals surface area contributed by atoms with Crippen molar-refractivity contribution >= 4 is 17.4 Å². The molecule has 0 fully saturated rings. The molecule has 0 aliphatic heterocycles. The van der Waals surface area contributed by atoms with Crippen molar-refractivity contribution in [2.75, 3.05) is 5.32 Å². The minimum Gasteiger partial charge on any atom is -0.305 e. The highest BCUT2D eigenvalue weighted by Gasteiger charge is 2.19. The molecule has 26 heavy (non-hydrogen) atoms. The first kappa shape index (κ1) is 15.7. The number of hydrogen-bond acceptors (Lipinski definition) is 5. The fourth-order valence-electron chi connectivity index (χ4n) is 2.71. The van der Waals surface area contributed by atoms with Crippen molar-refractivity contribution in [2.45, 2.75) is 6.92 Å². The summed E-state index contributed by atoms with van der Waals surface area (Å²) in [5.41, 5.74) is 1.49. The summed E-state index contributed by atoms with van der Waals surface area (Å²) in [5.74, 6) is 0.00656. The lowest BCUT2D eigenvalue weighted by Gasteiger charge is -2.10. The summed E-state index contributed by atoms with van der Waals surface area (Å²) in [6.07, 6.45) is 4.78. The Hall–Kier alpha value is -3.81. The molecule has 4 rings (SSSR count). The van der Waals surface area contributed by atoms with Gasteiger partial charge in [0.25, 0.3) is 11.5 Å². The number of nitrogens with zero attached hydrogens (tertiary/aromatic N) is 5. The first-order valence-corrected chi connectivity index (χ1v) is 7.89. The fraction of sp³-hybridized carbons (Fsp3) is 0.0556. The van der Waals surface area contributed by atoms with Gasteiger partial charge in [-0.05, 0) is 31.2 Å². The van der Waals surface area contributed by atoms with Gasteiger partial charge in [-0.25, -0.2) is 14.6 Å². The summed E-state index contributed by atoms with van der Waals surface area (Å²) >= 11 is 0. The van der Waals surface area contributed by atoms with E-state index in [4.69, 9.17) is 0 Å². The Morgan fingerprint density at radius 3 is 2.73 bits per heavy atom. The van der Waals surface area contributed by atoms with Crippen LogP contribution in [0.1, 0.15) is 16.2 Å². The van der Waals surface area contributed by atoms with Crippen molar-refractivity contribution in [3.8, 4) is 5.69 Å². The summed E-state index contributed by atoms with van der Waals surface area (Å²) in [6, 6.07) is 11.7. The molecule has 0 saturated heterocycles. The predicted molar refractivity (Wildman–Crippen MR) is 95.5 cm³/mol. The lowest BCUT2D eigenvalue weighted by atomic mass is 10.3. The van der Waals surface area contributed by atoms with Crippen molar-refractivity contribution < 1.29 is 4.79 Å². The van der Waals surface area contributed by atoms with Gasteiger partial charge in [0.2, 0.25) is 0 Å². The Balaban J connectivity index is 1.92. The van der Waals surface area contributed by atoms with E-state index in [9.17, 15) is 9.59 Å². The molecule has 0 bridgehead atoms. The highest BCUT2D eigenvalue weighted by molar-refractivity contribution is 6.03. The van der Waals surface area contributed by atoms with Gasteiger partial charge in [0.05, 0.1) is 11.9 Å². The zero-order chi connectivity index (χ0) is 18.1. The van der Waals surface area contributed by atoms with Crippen LogP contribution in [0.15, 0.2) is 65.8 Å². The second-order valence-electron chi connectivity index (χ2n) is 5.63. The zero-order valence-corrected chi connectivity index (χ0v) is 13.8. The molecule has 1 amide bonds. The van der Waals surface area contributed by atoms with Crippen LogP contribution in [0, 0.1) is 6.92 Å². The monoisotopic (exact) mass is 346 g/mol.